The molecule has 2 heteroatoms. The fourth-order valence-corrected chi connectivity index (χ4v) is 10.6. The van der Waals surface area contributed by atoms with Gasteiger partial charge in [-0.2, -0.15) is 0 Å². The molecule has 0 aliphatic heterocycles. The molecule has 2 nitrogen and oxygen atoms in total. The molecular weight excluding hydrogens is 655 g/mol. The van der Waals surface area contributed by atoms with E-state index in [9.17, 15) is 0 Å². The van der Waals surface area contributed by atoms with Gasteiger partial charge in [-0.3, -0.25) is 0 Å². The minimum atomic E-state index is -0.442. The van der Waals surface area contributed by atoms with Crippen molar-refractivity contribution < 1.29 is 4.42 Å². The Hall–Kier alpha value is -6.64. The SMILES string of the molecule is CC1(C)c2ccccc2-c2c(N(c3cccc4c3-c3ccccc3C43c4ccccc4-c4ccccc43)c3cccc4oc5ccccc5c34)cccc21. The van der Waals surface area contributed by atoms with Crippen molar-refractivity contribution in [1.29, 1.82) is 0 Å². The molecule has 0 atom stereocenters. The van der Waals surface area contributed by atoms with E-state index in [4.69, 9.17) is 4.42 Å². The molecule has 12 rings (SSSR count). The molecule has 254 valence electrons. The van der Waals surface area contributed by atoms with Crippen LogP contribution in [0.5, 0.6) is 0 Å². The van der Waals surface area contributed by atoms with Crippen LogP contribution >= 0.6 is 0 Å². The number of nitrogens with zero attached hydrogens (tertiary/aromatic N) is 1. The standard InChI is InChI=1S/C52H35NO/c1-51(2)37-21-8-5-18-34(37)48-41(51)25-13-27-43(48)53(45-29-15-31-47-50(45)36-20-7-12-30-46(36)54-47)44-28-14-26-42-49(44)35-19-6-11-24-40(35)52(42)38-22-9-3-16-32(38)33-17-4-10-23-39(33)52/h3-31H,1-2H3. The molecule has 0 amide bonds. The first-order valence-corrected chi connectivity index (χ1v) is 18.9. The van der Waals surface area contributed by atoms with Crippen LogP contribution in [0.25, 0.3) is 55.3 Å². The Morgan fingerprint density at radius 3 is 1.50 bits per heavy atom. The zero-order chi connectivity index (χ0) is 35.8. The molecule has 54 heavy (non-hydrogen) atoms. The van der Waals surface area contributed by atoms with E-state index in [0.29, 0.717) is 0 Å². The van der Waals surface area contributed by atoms with Crippen LogP contribution < -0.4 is 4.90 Å². The van der Waals surface area contributed by atoms with E-state index in [1.165, 1.54) is 72.4 Å². The minimum absolute atomic E-state index is 0.144. The van der Waals surface area contributed by atoms with Gasteiger partial charge in [0.05, 0.1) is 27.9 Å². The zero-order valence-corrected chi connectivity index (χ0v) is 30.1. The van der Waals surface area contributed by atoms with Crippen LogP contribution in [0.3, 0.4) is 0 Å². The second-order valence-corrected chi connectivity index (χ2v) is 15.5. The molecule has 0 N–H and O–H groups in total. The van der Waals surface area contributed by atoms with E-state index in [-0.39, 0.29) is 5.41 Å². The van der Waals surface area contributed by atoms with Crippen molar-refractivity contribution in [1.82, 2.24) is 0 Å². The minimum Gasteiger partial charge on any atom is -0.456 e. The number of rotatable bonds is 3. The van der Waals surface area contributed by atoms with Crippen LogP contribution in [0.1, 0.15) is 47.2 Å². The zero-order valence-electron chi connectivity index (χ0n) is 30.1. The second kappa shape index (κ2) is 10.5. The lowest BCUT2D eigenvalue weighted by molar-refractivity contribution is 0.660. The molecule has 8 aromatic carbocycles. The lowest BCUT2D eigenvalue weighted by Gasteiger charge is -2.33. The van der Waals surface area contributed by atoms with Gasteiger partial charge in [-0.15, -0.1) is 0 Å². The highest BCUT2D eigenvalue weighted by Gasteiger charge is 2.52. The molecule has 1 heterocycles. The third kappa shape index (κ3) is 3.56. The summed E-state index contributed by atoms with van der Waals surface area (Å²) in [6, 6.07) is 65.1. The van der Waals surface area contributed by atoms with Gasteiger partial charge in [0.1, 0.15) is 11.2 Å². The topological polar surface area (TPSA) is 16.4 Å². The van der Waals surface area contributed by atoms with Crippen LogP contribution in [0, 0.1) is 0 Å². The maximum atomic E-state index is 6.57. The first kappa shape index (κ1) is 29.9. The van der Waals surface area contributed by atoms with E-state index in [0.717, 1.165) is 33.3 Å². The van der Waals surface area contributed by atoms with E-state index in [1.54, 1.807) is 0 Å². The van der Waals surface area contributed by atoms with Crippen molar-refractivity contribution in [2.75, 3.05) is 4.90 Å². The van der Waals surface area contributed by atoms with E-state index in [1.807, 2.05) is 0 Å². The fraction of sp³-hybridized carbons (Fsp3) is 0.0769. The molecule has 0 saturated carbocycles. The molecule has 3 aliphatic carbocycles. The molecular formula is C52H35NO. The number of benzene rings is 8. The number of hydrogen-bond donors (Lipinski definition) is 0. The predicted molar refractivity (Wildman–Crippen MR) is 222 cm³/mol. The van der Waals surface area contributed by atoms with Crippen molar-refractivity contribution in [3.63, 3.8) is 0 Å². The summed E-state index contributed by atoms with van der Waals surface area (Å²) < 4.78 is 6.57. The van der Waals surface area contributed by atoms with Crippen LogP contribution in [0.4, 0.5) is 17.1 Å². The molecule has 1 spiro atoms. The average Bonchev–Trinajstić information content (AvgIpc) is 3.91. The quantitative estimate of drug-likeness (QED) is 0.184. The van der Waals surface area contributed by atoms with Crippen molar-refractivity contribution in [3.05, 3.63) is 209 Å². The van der Waals surface area contributed by atoms with Crippen LogP contribution in [0.15, 0.2) is 180 Å². The molecule has 1 aromatic heterocycles. The largest absolute Gasteiger partial charge is 0.456 e. The number of para-hydroxylation sites is 1. The Labute approximate surface area is 314 Å². The van der Waals surface area contributed by atoms with Crippen LogP contribution in [0.2, 0.25) is 0 Å². The monoisotopic (exact) mass is 689 g/mol. The van der Waals surface area contributed by atoms with Gasteiger partial charge in [0.25, 0.3) is 0 Å². The van der Waals surface area contributed by atoms with Gasteiger partial charge in [0.2, 0.25) is 0 Å². The summed E-state index contributed by atoms with van der Waals surface area (Å²) in [5, 5.41) is 2.23. The molecule has 0 bridgehead atoms. The summed E-state index contributed by atoms with van der Waals surface area (Å²) in [6.45, 7) is 4.73. The van der Waals surface area contributed by atoms with Crippen LogP contribution in [-0.2, 0) is 10.8 Å². The molecule has 9 aromatic rings. The van der Waals surface area contributed by atoms with Gasteiger partial charge in [0.15, 0.2) is 0 Å². The summed E-state index contributed by atoms with van der Waals surface area (Å²) >= 11 is 0. The van der Waals surface area contributed by atoms with Crippen molar-refractivity contribution >= 4 is 39.0 Å². The fourth-order valence-electron chi connectivity index (χ4n) is 10.6. The van der Waals surface area contributed by atoms with Gasteiger partial charge < -0.3 is 9.32 Å². The Kier molecular flexibility index (Phi) is 5.81. The summed E-state index contributed by atoms with van der Waals surface area (Å²) in [7, 11) is 0. The Morgan fingerprint density at radius 2 is 0.815 bits per heavy atom. The number of fused-ring (bicyclic) bond motifs is 16. The Morgan fingerprint density at radius 1 is 0.370 bits per heavy atom. The number of anilines is 3. The third-order valence-electron chi connectivity index (χ3n) is 12.7. The molecule has 0 radical (unpaired) electrons. The maximum absolute atomic E-state index is 6.57. The number of hydrogen-bond acceptors (Lipinski definition) is 2. The normalized spacial score (nSPS) is 14.8. The van der Waals surface area contributed by atoms with E-state index >= 15 is 0 Å². The average molecular weight is 690 g/mol. The third-order valence-corrected chi connectivity index (χ3v) is 12.7. The first-order chi connectivity index (χ1) is 26.6. The summed E-state index contributed by atoms with van der Waals surface area (Å²) in [6.07, 6.45) is 0. The smallest absolute Gasteiger partial charge is 0.137 e. The Balaban J connectivity index is 1.24. The van der Waals surface area contributed by atoms with Gasteiger partial charge in [-0.05, 0) is 86.0 Å². The van der Waals surface area contributed by atoms with E-state index < -0.39 is 5.41 Å². The highest BCUT2D eigenvalue weighted by molar-refractivity contribution is 6.15. The lowest BCUT2D eigenvalue weighted by atomic mass is 9.70. The van der Waals surface area contributed by atoms with Crippen LogP contribution in [-0.4, -0.2) is 0 Å². The summed E-state index contributed by atoms with van der Waals surface area (Å²) in [4.78, 5) is 2.56. The molecule has 0 saturated heterocycles. The van der Waals surface area contributed by atoms with Gasteiger partial charge in [-0.1, -0.05) is 159 Å². The molecule has 0 unspecified atom stereocenters. The van der Waals surface area contributed by atoms with E-state index in [2.05, 4.69) is 195 Å². The molecule has 0 fully saturated rings. The van der Waals surface area contributed by atoms with Gasteiger partial charge in [-0.25, -0.2) is 0 Å². The second-order valence-electron chi connectivity index (χ2n) is 15.5. The molecule has 3 aliphatic rings. The van der Waals surface area contributed by atoms with Gasteiger partial charge >= 0.3 is 0 Å². The van der Waals surface area contributed by atoms with Crippen molar-refractivity contribution in [2.45, 2.75) is 24.7 Å². The maximum Gasteiger partial charge on any atom is 0.137 e. The number of furan rings is 1. The van der Waals surface area contributed by atoms with Gasteiger partial charge in [0, 0.05) is 21.9 Å². The predicted octanol–water partition coefficient (Wildman–Crippen LogP) is 13.7. The Bertz CT molecular complexity index is 3010. The highest BCUT2D eigenvalue weighted by atomic mass is 16.3. The summed E-state index contributed by atoms with van der Waals surface area (Å²) in [5.74, 6) is 0. The van der Waals surface area contributed by atoms with Crippen molar-refractivity contribution in [3.8, 4) is 33.4 Å². The first-order valence-electron chi connectivity index (χ1n) is 18.9. The summed E-state index contributed by atoms with van der Waals surface area (Å²) in [5.41, 5.74) is 20.4. The lowest BCUT2D eigenvalue weighted by Crippen LogP contribution is -2.26. The van der Waals surface area contributed by atoms with Crippen molar-refractivity contribution in [2.24, 2.45) is 0 Å². The highest BCUT2D eigenvalue weighted by Crippen LogP contribution is 2.65.